The number of carbonyl (C=O) groups is 2. The number of amides is 2. The van der Waals surface area contributed by atoms with Gasteiger partial charge in [-0.15, -0.1) is 11.3 Å². The van der Waals surface area contributed by atoms with Crippen LogP contribution >= 0.6 is 58.5 Å². The highest BCUT2D eigenvalue weighted by molar-refractivity contribution is 8.26. The standard InChI is InChI=1S/C27H19Cl2N3O4S3/c28-18-5-8-22(29)17(11-18)12-21-13-30-26(38-21)31-24(33)15-36-19-6-3-16(4-7-19)10-23-25(34)32(27(37)39-23)14-20-2-1-9-35-20/h1-11,13H,12,14-15H2,(H,30,31,33)/b23-10-. The third kappa shape index (κ3) is 7.09. The van der Waals surface area contributed by atoms with Gasteiger partial charge in [-0.3, -0.25) is 19.8 Å². The quantitative estimate of drug-likeness (QED) is 0.159. The minimum absolute atomic E-state index is 0.167. The summed E-state index contributed by atoms with van der Waals surface area (Å²) in [5, 5.41) is 4.44. The molecule has 7 nitrogen and oxygen atoms in total. The Kier molecular flexibility index (Phi) is 8.69. The monoisotopic (exact) mass is 615 g/mol. The van der Waals surface area contributed by atoms with Crippen LogP contribution in [0.25, 0.3) is 6.08 Å². The number of halogens is 2. The Labute approximate surface area is 247 Å². The Morgan fingerprint density at radius 2 is 2.00 bits per heavy atom. The van der Waals surface area contributed by atoms with Gasteiger partial charge in [0.05, 0.1) is 17.7 Å². The Balaban J connectivity index is 1.12. The third-order valence-electron chi connectivity index (χ3n) is 5.49. The number of aromatic nitrogens is 1. The van der Waals surface area contributed by atoms with E-state index >= 15 is 0 Å². The summed E-state index contributed by atoms with van der Waals surface area (Å²) in [6, 6.07) is 16.0. The molecule has 2 amide bonds. The summed E-state index contributed by atoms with van der Waals surface area (Å²) in [6.07, 6.45) is 5.59. The smallest absolute Gasteiger partial charge is 0.266 e. The molecule has 0 atom stereocenters. The number of hydrogen-bond acceptors (Lipinski definition) is 8. The Hall–Kier alpha value is -3.15. The van der Waals surface area contributed by atoms with Crippen molar-refractivity contribution in [1.82, 2.24) is 9.88 Å². The lowest BCUT2D eigenvalue weighted by Gasteiger charge is -2.11. The molecule has 0 radical (unpaired) electrons. The maximum atomic E-state index is 12.8. The molecule has 1 aliphatic heterocycles. The zero-order valence-electron chi connectivity index (χ0n) is 20.1. The fourth-order valence-electron chi connectivity index (χ4n) is 3.62. The molecule has 198 valence electrons. The second-order valence-electron chi connectivity index (χ2n) is 8.30. The van der Waals surface area contributed by atoms with Crippen LogP contribution in [0.15, 0.2) is 76.4 Å². The highest BCUT2D eigenvalue weighted by atomic mass is 35.5. The summed E-state index contributed by atoms with van der Waals surface area (Å²) < 4.78 is 11.4. The molecule has 0 aliphatic carbocycles. The van der Waals surface area contributed by atoms with Crippen molar-refractivity contribution in [2.45, 2.75) is 13.0 Å². The van der Waals surface area contributed by atoms with Gasteiger partial charge in [0.1, 0.15) is 15.8 Å². The van der Waals surface area contributed by atoms with E-state index in [4.69, 9.17) is 44.6 Å². The number of thiocarbonyl (C=S) groups is 1. The Morgan fingerprint density at radius 1 is 1.18 bits per heavy atom. The average molecular weight is 617 g/mol. The van der Waals surface area contributed by atoms with Crippen LogP contribution in [-0.4, -0.2) is 32.6 Å². The van der Waals surface area contributed by atoms with E-state index in [1.807, 2.05) is 6.07 Å². The molecule has 0 bridgehead atoms. The summed E-state index contributed by atoms with van der Waals surface area (Å²) in [6.45, 7) is 0.113. The molecule has 2 aromatic carbocycles. The predicted octanol–water partition coefficient (Wildman–Crippen LogP) is 7.05. The first-order chi connectivity index (χ1) is 18.8. The van der Waals surface area contributed by atoms with Gasteiger partial charge in [0.15, 0.2) is 11.7 Å². The van der Waals surface area contributed by atoms with Gasteiger partial charge in [-0.2, -0.15) is 0 Å². The molecule has 39 heavy (non-hydrogen) atoms. The lowest BCUT2D eigenvalue weighted by molar-refractivity contribution is -0.122. The van der Waals surface area contributed by atoms with Crippen LogP contribution in [-0.2, 0) is 22.6 Å². The second-order valence-corrected chi connectivity index (χ2v) is 11.9. The number of thiazole rings is 1. The lowest BCUT2D eigenvalue weighted by atomic mass is 10.1. The largest absolute Gasteiger partial charge is 0.484 e. The molecule has 0 spiro atoms. The van der Waals surface area contributed by atoms with Gasteiger partial charge in [-0.1, -0.05) is 59.3 Å². The van der Waals surface area contributed by atoms with Crippen molar-refractivity contribution in [3.05, 3.63) is 104 Å². The molecule has 1 N–H and O–H groups in total. The topological polar surface area (TPSA) is 84.7 Å². The van der Waals surface area contributed by atoms with Crippen LogP contribution in [0, 0.1) is 0 Å². The van der Waals surface area contributed by atoms with E-state index in [-0.39, 0.29) is 18.4 Å². The van der Waals surface area contributed by atoms with Crippen LogP contribution in [0.4, 0.5) is 5.13 Å². The van der Waals surface area contributed by atoms with Crippen LogP contribution < -0.4 is 10.1 Å². The number of hydrogen-bond donors (Lipinski definition) is 1. The van der Waals surface area contributed by atoms with Gasteiger partial charge in [0, 0.05) is 27.5 Å². The number of carbonyl (C=O) groups excluding carboxylic acids is 2. The Bertz CT molecular complexity index is 1550. The molecule has 2 aromatic heterocycles. The number of nitrogens with one attached hydrogen (secondary N) is 1. The van der Waals surface area contributed by atoms with Crippen molar-refractivity contribution in [2.24, 2.45) is 0 Å². The van der Waals surface area contributed by atoms with Gasteiger partial charge in [-0.25, -0.2) is 4.98 Å². The van der Waals surface area contributed by atoms with Gasteiger partial charge in [0.2, 0.25) is 0 Å². The van der Waals surface area contributed by atoms with Crippen molar-refractivity contribution in [3.8, 4) is 5.75 Å². The molecule has 0 unspecified atom stereocenters. The molecular formula is C27H19Cl2N3O4S3. The Morgan fingerprint density at radius 3 is 2.77 bits per heavy atom. The predicted molar refractivity (Wildman–Crippen MR) is 159 cm³/mol. The maximum Gasteiger partial charge on any atom is 0.266 e. The van der Waals surface area contributed by atoms with E-state index in [1.54, 1.807) is 67.1 Å². The minimum atomic E-state index is -0.332. The third-order valence-corrected chi connectivity index (χ3v) is 8.38. The number of anilines is 1. The summed E-state index contributed by atoms with van der Waals surface area (Å²) in [7, 11) is 0. The zero-order chi connectivity index (χ0) is 27.4. The normalized spacial score (nSPS) is 14.3. The summed E-state index contributed by atoms with van der Waals surface area (Å²) in [5.41, 5.74) is 1.69. The average Bonchev–Trinajstić information content (AvgIpc) is 3.65. The molecule has 5 rings (SSSR count). The molecule has 1 aliphatic rings. The SMILES string of the molecule is O=C(COc1ccc(/C=C2\SC(=S)N(Cc3ccco3)C2=O)cc1)Nc1ncc(Cc2cc(Cl)ccc2Cl)s1. The van der Waals surface area contributed by atoms with Crippen LogP contribution in [0.1, 0.15) is 21.8 Å². The first-order valence-corrected chi connectivity index (χ1v) is 14.3. The van der Waals surface area contributed by atoms with Crippen molar-refractivity contribution in [3.63, 3.8) is 0 Å². The van der Waals surface area contributed by atoms with E-state index in [0.29, 0.717) is 48.9 Å². The first-order valence-electron chi connectivity index (χ1n) is 11.5. The molecular weight excluding hydrogens is 597 g/mol. The molecule has 1 saturated heterocycles. The summed E-state index contributed by atoms with van der Waals surface area (Å²) >= 11 is 20.3. The number of benzene rings is 2. The highest BCUT2D eigenvalue weighted by Crippen LogP contribution is 2.34. The number of rotatable bonds is 9. The molecule has 1 fully saturated rings. The van der Waals surface area contributed by atoms with E-state index < -0.39 is 0 Å². The number of nitrogens with zero attached hydrogens (tertiary/aromatic N) is 2. The number of ether oxygens (including phenoxy) is 1. The maximum absolute atomic E-state index is 12.8. The fraction of sp³-hybridized carbons (Fsp3) is 0.111. The number of thioether (sulfide) groups is 1. The van der Waals surface area contributed by atoms with Crippen LogP contribution in [0.5, 0.6) is 5.75 Å². The minimum Gasteiger partial charge on any atom is -0.484 e. The van der Waals surface area contributed by atoms with E-state index in [0.717, 1.165) is 16.0 Å². The highest BCUT2D eigenvalue weighted by Gasteiger charge is 2.32. The van der Waals surface area contributed by atoms with Crippen molar-refractivity contribution < 1.29 is 18.7 Å². The second kappa shape index (κ2) is 12.4. The number of furan rings is 1. The summed E-state index contributed by atoms with van der Waals surface area (Å²) in [5.74, 6) is 0.680. The molecule has 4 aromatic rings. The fourth-order valence-corrected chi connectivity index (χ4v) is 6.11. The van der Waals surface area contributed by atoms with Gasteiger partial charge < -0.3 is 9.15 Å². The van der Waals surface area contributed by atoms with Gasteiger partial charge >= 0.3 is 0 Å². The zero-order valence-corrected chi connectivity index (χ0v) is 24.0. The first kappa shape index (κ1) is 27.4. The van der Waals surface area contributed by atoms with Crippen LogP contribution in [0.2, 0.25) is 10.0 Å². The molecule has 3 heterocycles. The van der Waals surface area contributed by atoms with Gasteiger partial charge in [-0.05, 0) is 59.7 Å². The van der Waals surface area contributed by atoms with E-state index in [2.05, 4.69) is 10.3 Å². The summed E-state index contributed by atoms with van der Waals surface area (Å²) in [4.78, 5) is 32.4. The molecule has 12 heteroatoms. The van der Waals surface area contributed by atoms with E-state index in [1.165, 1.54) is 28.0 Å². The van der Waals surface area contributed by atoms with Crippen molar-refractivity contribution >= 4 is 85.9 Å². The lowest BCUT2D eigenvalue weighted by Crippen LogP contribution is -2.27. The van der Waals surface area contributed by atoms with Gasteiger partial charge in [0.25, 0.3) is 11.8 Å². The van der Waals surface area contributed by atoms with E-state index in [9.17, 15) is 9.59 Å². The van der Waals surface area contributed by atoms with Crippen molar-refractivity contribution in [1.29, 1.82) is 0 Å². The molecule has 0 saturated carbocycles. The van der Waals surface area contributed by atoms with Crippen molar-refractivity contribution in [2.75, 3.05) is 11.9 Å². The van der Waals surface area contributed by atoms with Crippen LogP contribution in [0.3, 0.4) is 0 Å².